The van der Waals surface area contributed by atoms with Gasteiger partial charge in [0, 0.05) is 38.4 Å². The van der Waals surface area contributed by atoms with E-state index in [0.717, 1.165) is 31.1 Å². The summed E-state index contributed by atoms with van der Waals surface area (Å²) >= 11 is 1.45. The number of aromatic nitrogens is 2. The quantitative estimate of drug-likeness (QED) is 0.547. The molecular weight excluding hydrogens is 415 g/mol. The lowest BCUT2D eigenvalue weighted by molar-refractivity contribution is 0.0620. The number of halogens is 1. The second kappa shape index (κ2) is 9.53. The van der Waals surface area contributed by atoms with Crippen LogP contribution < -0.4 is 4.74 Å². The van der Waals surface area contributed by atoms with Gasteiger partial charge in [-0.15, -0.1) is 0 Å². The van der Waals surface area contributed by atoms with E-state index in [1.54, 1.807) is 30.0 Å². The van der Waals surface area contributed by atoms with Crippen LogP contribution in [0, 0.1) is 5.82 Å². The van der Waals surface area contributed by atoms with Crippen molar-refractivity contribution in [3.8, 4) is 11.4 Å². The van der Waals surface area contributed by atoms with Crippen LogP contribution in [0.1, 0.15) is 16.1 Å². The molecule has 0 spiro atoms. The Hall–Kier alpha value is -2.84. The molecule has 6 nitrogen and oxygen atoms in total. The summed E-state index contributed by atoms with van der Waals surface area (Å²) in [6.45, 7) is 3.75. The smallest absolute Gasteiger partial charge is 0.272 e. The first-order valence-electron chi connectivity index (χ1n) is 10.1. The summed E-state index contributed by atoms with van der Waals surface area (Å²) in [5.41, 5.74) is 2.45. The van der Waals surface area contributed by atoms with Gasteiger partial charge in [0.1, 0.15) is 17.3 Å². The van der Waals surface area contributed by atoms with Crippen LogP contribution in [0.25, 0.3) is 5.69 Å². The van der Waals surface area contributed by atoms with Crippen LogP contribution >= 0.6 is 11.8 Å². The van der Waals surface area contributed by atoms with Gasteiger partial charge in [0.05, 0.1) is 13.3 Å². The highest BCUT2D eigenvalue weighted by Gasteiger charge is 2.26. The number of imidazole rings is 1. The lowest BCUT2D eigenvalue weighted by Gasteiger charge is -2.34. The van der Waals surface area contributed by atoms with Gasteiger partial charge in [-0.3, -0.25) is 14.3 Å². The zero-order valence-electron chi connectivity index (χ0n) is 17.6. The van der Waals surface area contributed by atoms with Crippen molar-refractivity contribution in [2.45, 2.75) is 11.7 Å². The second-order valence-corrected chi connectivity index (χ2v) is 8.13. The lowest BCUT2D eigenvalue weighted by Crippen LogP contribution is -2.48. The highest BCUT2D eigenvalue weighted by atomic mass is 32.2. The van der Waals surface area contributed by atoms with Crippen molar-refractivity contribution in [2.24, 2.45) is 0 Å². The Morgan fingerprint density at radius 1 is 1.06 bits per heavy atom. The van der Waals surface area contributed by atoms with Crippen LogP contribution in [0.5, 0.6) is 5.75 Å². The molecule has 0 radical (unpaired) electrons. The predicted octanol–water partition coefficient (Wildman–Crippen LogP) is 3.70. The van der Waals surface area contributed by atoms with Gasteiger partial charge in [-0.05, 0) is 48.2 Å². The summed E-state index contributed by atoms with van der Waals surface area (Å²) in [7, 11) is 1.66. The molecule has 31 heavy (non-hydrogen) atoms. The fourth-order valence-electron chi connectivity index (χ4n) is 3.73. The number of benzene rings is 2. The molecule has 1 amide bonds. The predicted molar refractivity (Wildman–Crippen MR) is 119 cm³/mol. The largest absolute Gasteiger partial charge is 0.497 e. The Kier molecular flexibility index (Phi) is 6.58. The molecule has 0 N–H and O–H groups in total. The first-order chi connectivity index (χ1) is 15.1. The van der Waals surface area contributed by atoms with E-state index in [1.807, 2.05) is 23.3 Å². The number of hydrogen-bond donors (Lipinski definition) is 0. The molecule has 0 unspecified atom stereocenters. The number of thioether (sulfide) groups is 1. The number of nitrogens with zero attached hydrogens (tertiary/aromatic N) is 4. The van der Waals surface area contributed by atoms with Crippen LogP contribution in [-0.4, -0.2) is 64.8 Å². The summed E-state index contributed by atoms with van der Waals surface area (Å²) in [6, 6.07) is 14.2. The van der Waals surface area contributed by atoms with Crippen molar-refractivity contribution in [3.05, 3.63) is 71.8 Å². The Morgan fingerprint density at radius 3 is 2.35 bits per heavy atom. The van der Waals surface area contributed by atoms with Crippen molar-refractivity contribution in [1.82, 2.24) is 19.4 Å². The van der Waals surface area contributed by atoms with Crippen LogP contribution in [-0.2, 0) is 6.54 Å². The Labute approximate surface area is 185 Å². The highest BCUT2D eigenvalue weighted by Crippen LogP contribution is 2.23. The third-order valence-electron chi connectivity index (χ3n) is 5.44. The molecule has 0 atom stereocenters. The standard InChI is InChI=1S/C23H25FN4O2S/c1-30-20-9-3-17(4-10-20)16-26-11-13-27(14-12-26)22(29)21-15-25-23(31-2)28(21)19-7-5-18(24)6-8-19/h3-10,15H,11-14,16H2,1-2H3. The van der Waals surface area contributed by atoms with E-state index >= 15 is 0 Å². The van der Waals surface area contributed by atoms with Crippen molar-refractivity contribution < 1.29 is 13.9 Å². The number of amides is 1. The molecule has 1 fully saturated rings. The summed E-state index contributed by atoms with van der Waals surface area (Å²) in [5.74, 6) is 0.484. The molecule has 0 bridgehead atoms. The highest BCUT2D eigenvalue weighted by molar-refractivity contribution is 7.98. The maximum Gasteiger partial charge on any atom is 0.272 e. The number of methoxy groups -OCH3 is 1. The van der Waals surface area contributed by atoms with Crippen LogP contribution in [0.15, 0.2) is 59.9 Å². The second-order valence-electron chi connectivity index (χ2n) is 7.36. The molecule has 1 saturated heterocycles. The molecule has 2 aromatic carbocycles. The van der Waals surface area contributed by atoms with E-state index in [0.29, 0.717) is 23.9 Å². The fourth-order valence-corrected chi connectivity index (χ4v) is 4.27. The van der Waals surface area contributed by atoms with Crippen LogP contribution in [0.2, 0.25) is 0 Å². The summed E-state index contributed by atoms with van der Waals surface area (Å²) in [5, 5.41) is 0.702. The maximum atomic E-state index is 13.4. The van der Waals surface area contributed by atoms with E-state index in [-0.39, 0.29) is 11.7 Å². The maximum absolute atomic E-state index is 13.4. The minimum atomic E-state index is -0.310. The van der Waals surface area contributed by atoms with Gasteiger partial charge in [-0.1, -0.05) is 23.9 Å². The van der Waals surface area contributed by atoms with Gasteiger partial charge in [-0.2, -0.15) is 0 Å². The van der Waals surface area contributed by atoms with Crippen molar-refractivity contribution in [3.63, 3.8) is 0 Å². The minimum absolute atomic E-state index is 0.0544. The molecule has 1 aliphatic rings. The van der Waals surface area contributed by atoms with Gasteiger partial charge in [-0.25, -0.2) is 9.37 Å². The number of hydrogen-bond acceptors (Lipinski definition) is 5. The van der Waals surface area contributed by atoms with Crippen LogP contribution in [0.4, 0.5) is 4.39 Å². The fraction of sp³-hybridized carbons (Fsp3) is 0.304. The van der Waals surface area contributed by atoms with E-state index < -0.39 is 0 Å². The summed E-state index contributed by atoms with van der Waals surface area (Å²) in [4.78, 5) is 21.9. The molecule has 0 saturated carbocycles. The lowest BCUT2D eigenvalue weighted by atomic mass is 10.2. The van der Waals surface area contributed by atoms with Gasteiger partial charge in [0.25, 0.3) is 5.91 Å². The average molecular weight is 441 g/mol. The molecule has 8 heteroatoms. The van der Waals surface area contributed by atoms with Crippen molar-refractivity contribution in [2.75, 3.05) is 39.5 Å². The van der Waals surface area contributed by atoms with Crippen molar-refractivity contribution in [1.29, 1.82) is 0 Å². The number of rotatable bonds is 6. The first kappa shape index (κ1) is 21.4. The van der Waals surface area contributed by atoms with E-state index in [9.17, 15) is 9.18 Å². The topological polar surface area (TPSA) is 50.6 Å². The third kappa shape index (κ3) is 4.75. The van der Waals surface area contributed by atoms with Gasteiger partial charge < -0.3 is 9.64 Å². The van der Waals surface area contributed by atoms with Gasteiger partial charge in [0.2, 0.25) is 0 Å². The Morgan fingerprint density at radius 2 is 1.74 bits per heavy atom. The third-order valence-corrected chi connectivity index (χ3v) is 6.09. The van der Waals surface area contributed by atoms with E-state index in [4.69, 9.17) is 4.74 Å². The number of ether oxygens (including phenoxy) is 1. The Bertz CT molecular complexity index is 1030. The van der Waals surface area contributed by atoms with Crippen LogP contribution in [0.3, 0.4) is 0 Å². The number of carbonyl (C=O) groups excluding carboxylic acids is 1. The van der Waals surface area contributed by atoms with Gasteiger partial charge in [0.15, 0.2) is 5.16 Å². The minimum Gasteiger partial charge on any atom is -0.497 e. The van der Waals surface area contributed by atoms with Gasteiger partial charge >= 0.3 is 0 Å². The SMILES string of the molecule is COc1ccc(CN2CCN(C(=O)c3cnc(SC)n3-c3ccc(F)cc3)CC2)cc1. The molecular formula is C23H25FN4O2S. The Balaban J connectivity index is 1.44. The molecule has 2 heterocycles. The van der Waals surface area contributed by atoms with E-state index in [1.165, 1.54) is 29.5 Å². The zero-order valence-corrected chi connectivity index (χ0v) is 18.4. The molecule has 1 aromatic heterocycles. The molecule has 162 valence electrons. The monoisotopic (exact) mass is 440 g/mol. The zero-order chi connectivity index (χ0) is 21.8. The molecule has 0 aliphatic carbocycles. The normalized spacial score (nSPS) is 14.6. The number of piperazine rings is 1. The van der Waals surface area contributed by atoms with E-state index in [2.05, 4.69) is 22.0 Å². The molecule has 1 aliphatic heterocycles. The first-order valence-corrected chi connectivity index (χ1v) is 11.3. The molecule has 4 rings (SSSR count). The van der Waals surface area contributed by atoms with Crippen molar-refractivity contribution >= 4 is 17.7 Å². The number of carbonyl (C=O) groups is 1. The average Bonchev–Trinajstić information content (AvgIpc) is 3.24. The summed E-state index contributed by atoms with van der Waals surface area (Å²) in [6.07, 6.45) is 3.52. The molecule has 3 aromatic rings. The summed E-state index contributed by atoms with van der Waals surface area (Å²) < 4.78 is 20.4.